The highest BCUT2D eigenvalue weighted by Gasteiger charge is 1.99. The molecule has 1 amide bonds. The minimum atomic E-state index is -0.187. The second-order valence-electron chi connectivity index (χ2n) is 6.55. The van der Waals surface area contributed by atoms with Gasteiger partial charge in [-0.3, -0.25) is 4.79 Å². The van der Waals surface area contributed by atoms with Crippen LogP contribution in [0.1, 0.15) is 76.7 Å². The number of aromatic hydroxyl groups is 2. The molecule has 0 radical (unpaired) electrons. The molecule has 1 aromatic rings. The van der Waals surface area contributed by atoms with Gasteiger partial charge in [-0.2, -0.15) is 0 Å². The van der Waals surface area contributed by atoms with E-state index in [1.165, 1.54) is 69.6 Å². The van der Waals surface area contributed by atoms with E-state index < -0.39 is 0 Å². The van der Waals surface area contributed by atoms with E-state index in [4.69, 9.17) is 0 Å². The van der Waals surface area contributed by atoms with Gasteiger partial charge in [-0.1, -0.05) is 70.8 Å². The van der Waals surface area contributed by atoms with Crippen LogP contribution in [-0.4, -0.2) is 22.7 Å². The largest absolute Gasteiger partial charge is 0.504 e. The number of hydrogen-bond acceptors (Lipinski definition) is 3. The molecule has 4 nitrogen and oxygen atoms in total. The van der Waals surface area contributed by atoms with Gasteiger partial charge in [-0.15, -0.1) is 0 Å². The van der Waals surface area contributed by atoms with Crippen molar-refractivity contribution in [2.24, 2.45) is 0 Å². The van der Waals surface area contributed by atoms with Gasteiger partial charge in [0.05, 0.1) is 0 Å². The molecule has 140 valence electrons. The van der Waals surface area contributed by atoms with Crippen molar-refractivity contribution in [3.8, 4) is 11.5 Å². The summed E-state index contributed by atoms with van der Waals surface area (Å²) in [5.41, 5.74) is 0.671. The number of benzene rings is 1. The fraction of sp³-hybridized carbons (Fsp3) is 0.571. The quantitative estimate of drug-likeness (QED) is 0.263. The van der Waals surface area contributed by atoms with Gasteiger partial charge in [-0.25, -0.2) is 0 Å². The Balaban J connectivity index is 2.01. The highest BCUT2D eigenvalue weighted by atomic mass is 16.3. The molecule has 0 saturated carbocycles. The van der Waals surface area contributed by atoms with E-state index in [0.29, 0.717) is 12.1 Å². The Bertz CT molecular complexity index is 526. The summed E-state index contributed by atoms with van der Waals surface area (Å²) in [5.74, 6) is -0.487. The zero-order valence-corrected chi connectivity index (χ0v) is 15.5. The first-order valence-electron chi connectivity index (χ1n) is 9.61. The van der Waals surface area contributed by atoms with E-state index in [1.807, 2.05) is 0 Å². The van der Waals surface area contributed by atoms with Gasteiger partial charge in [0.25, 0.3) is 0 Å². The SMILES string of the molecule is CCCCCCCCCCCCNC(=O)/C=C/c1ccc(O)c(O)c1. The average molecular weight is 347 g/mol. The predicted molar refractivity (Wildman–Crippen MR) is 104 cm³/mol. The van der Waals surface area contributed by atoms with E-state index in [1.54, 1.807) is 12.1 Å². The number of phenols is 2. The lowest BCUT2D eigenvalue weighted by atomic mass is 10.1. The van der Waals surface area contributed by atoms with Crippen LogP contribution in [0.3, 0.4) is 0 Å². The van der Waals surface area contributed by atoms with Crippen molar-refractivity contribution in [3.05, 3.63) is 29.8 Å². The van der Waals surface area contributed by atoms with Gasteiger partial charge >= 0.3 is 0 Å². The number of unbranched alkanes of at least 4 members (excludes halogenated alkanes) is 9. The number of carbonyl (C=O) groups excluding carboxylic acids is 1. The summed E-state index contributed by atoms with van der Waals surface area (Å²) in [6, 6.07) is 4.46. The lowest BCUT2D eigenvalue weighted by molar-refractivity contribution is -0.116. The van der Waals surface area contributed by atoms with E-state index >= 15 is 0 Å². The van der Waals surface area contributed by atoms with Crippen LogP contribution in [0, 0.1) is 0 Å². The zero-order chi connectivity index (χ0) is 18.3. The number of phenolic OH excluding ortho intramolecular Hbond substituents is 2. The fourth-order valence-corrected chi connectivity index (χ4v) is 2.70. The maximum Gasteiger partial charge on any atom is 0.243 e. The van der Waals surface area contributed by atoms with Gasteiger partial charge in [0.1, 0.15) is 0 Å². The molecule has 0 aliphatic carbocycles. The third kappa shape index (κ3) is 10.5. The van der Waals surface area contributed by atoms with E-state index in [0.717, 1.165) is 12.8 Å². The lowest BCUT2D eigenvalue weighted by Gasteiger charge is -2.03. The van der Waals surface area contributed by atoms with E-state index in [2.05, 4.69) is 12.2 Å². The number of carbonyl (C=O) groups is 1. The molecule has 0 unspecified atom stereocenters. The van der Waals surface area contributed by atoms with Crippen molar-refractivity contribution in [2.45, 2.75) is 71.1 Å². The summed E-state index contributed by atoms with van der Waals surface area (Å²) < 4.78 is 0. The smallest absolute Gasteiger partial charge is 0.243 e. The third-order valence-electron chi connectivity index (χ3n) is 4.26. The molecule has 1 rings (SSSR count). The van der Waals surface area contributed by atoms with Crippen LogP contribution in [0.25, 0.3) is 6.08 Å². The van der Waals surface area contributed by atoms with E-state index in [-0.39, 0.29) is 17.4 Å². The summed E-state index contributed by atoms with van der Waals surface area (Å²) in [6.07, 6.45) is 15.9. The molecular weight excluding hydrogens is 314 g/mol. The second-order valence-corrected chi connectivity index (χ2v) is 6.55. The van der Waals surface area contributed by atoms with Crippen molar-refractivity contribution < 1.29 is 15.0 Å². The van der Waals surface area contributed by atoms with Gasteiger partial charge in [0.15, 0.2) is 11.5 Å². The molecule has 0 heterocycles. The molecule has 0 aliphatic heterocycles. The maximum absolute atomic E-state index is 11.7. The topological polar surface area (TPSA) is 69.6 Å². The molecule has 0 aliphatic rings. The molecule has 0 atom stereocenters. The summed E-state index contributed by atoms with van der Waals surface area (Å²) in [7, 11) is 0. The van der Waals surface area contributed by atoms with Crippen molar-refractivity contribution in [3.63, 3.8) is 0 Å². The minimum absolute atomic E-state index is 0.136. The molecule has 4 heteroatoms. The van der Waals surface area contributed by atoms with Crippen LogP contribution in [0.5, 0.6) is 11.5 Å². The lowest BCUT2D eigenvalue weighted by Crippen LogP contribution is -2.21. The fourth-order valence-electron chi connectivity index (χ4n) is 2.70. The van der Waals surface area contributed by atoms with Crippen LogP contribution in [0.15, 0.2) is 24.3 Å². The highest BCUT2D eigenvalue weighted by molar-refractivity contribution is 5.91. The number of nitrogens with one attached hydrogen (secondary N) is 1. The third-order valence-corrected chi connectivity index (χ3v) is 4.26. The Hall–Kier alpha value is -1.97. The standard InChI is InChI=1S/C21H33NO3/c1-2-3-4-5-6-7-8-9-10-11-16-22-21(25)15-13-18-12-14-19(23)20(24)17-18/h12-15,17,23-24H,2-11,16H2,1H3,(H,22,25)/b15-13+. The van der Waals surface area contributed by atoms with Crippen LogP contribution < -0.4 is 5.32 Å². The molecule has 1 aromatic carbocycles. The molecule has 25 heavy (non-hydrogen) atoms. The van der Waals surface area contributed by atoms with E-state index in [9.17, 15) is 15.0 Å². The van der Waals surface area contributed by atoms with Crippen molar-refractivity contribution in [2.75, 3.05) is 6.54 Å². The molecule has 0 spiro atoms. The van der Waals surface area contributed by atoms with Crippen molar-refractivity contribution in [1.82, 2.24) is 5.32 Å². The van der Waals surface area contributed by atoms with Crippen molar-refractivity contribution >= 4 is 12.0 Å². The Morgan fingerprint density at radius 1 is 0.920 bits per heavy atom. The Labute approximate surface area is 152 Å². The van der Waals surface area contributed by atoms with Gasteiger partial charge in [0.2, 0.25) is 5.91 Å². The Kier molecular flexibility index (Phi) is 11.2. The molecular formula is C21H33NO3. The monoisotopic (exact) mass is 347 g/mol. The number of rotatable bonds is 13. The summed E-state index contributed by atoms with van der Waals surface area (Å²) in [6.45, 7) is 2.94. The summed E-state index contributed by atoms with van der Waals surface area (Å²) in [4.78, 5) is 11.7. The first-order valence-corrected chi connectivity index (χ1v) is 9.61. The zero-order valence-electron chi connectivity index (χ0n) is 15.5. The summed E-state index contributed by atoms with van der Waals surface area (Å²) >= 11 is 0. The Morgan fingerprint density at radius 3 is 2.12 bits per heavy atom. The maximum atomic E-state index is 11.7. The minimum Gasteiger partial charge on any atom is -0.504 e. The van der Waals surface area contributed by atoms with Crippen LogP contribution in [0.4, 0.5) is 0 Å². The van der Waals surface area contributed by atoms with Crippen LogP contribution >= 0.6 is 0 Å². The molecule has 0 fully saturated rings. The van der Waals surface area contributed by atoms with Crippen LogP contribution in [-0.2, 0) is 4.79 Å². The predicted octanol–water partition coefficient (Wildman–Crippen LogP) is 5.15. The molecule has 0 bridgehead atoms. The van der Waals surface area contributed by atoms with Crippen LogP contribution in [0.2, 0.25) is 0 Å². The average Bonchev–Trinajstić information content (AvgIpc) is 2.60. The molecule has 0 saturated heterocycles. The first-order chi connectivity index (χ1) is 12.1. The normalized spacial score (nSPS) is 11.1. The highest BCUT2D eigenvalue weighted by Crippen LogP contribution is 2.25. The number of amides is 1. The molecule has 3 N–H and O–H groups in total. The second kappa shape index (κ2) is 13.3. The summed E-state index contributed by atoms with van der Waals surface area (Å²) in [5, 5.41) is 21.5. The van der Waals surface area contributed by atoms with Crippen molar-refractivity contribution in [1.29, 1.82) is 0 Å². The Morgan fingerprint density at radius 2 is 1.52 bits per heavy atom. The van der Waals surface area contributed by atoms with Gasteiger partial charge < -0.3 is 15.5 Å². The van der Waals surface area contributed by atoms with Gasteiger partial charge in [0, 0.05) is 12.6 Å². The number of hydrogen-bond donors (Lipinski definition) is 3. The first kappa shape index (κ1) is 21.1. The molecule has 0 aromatic heterocycles. The van der Waals surface area contributed by atoms with Gasteiger partial charge in [-0.05, 0) is 30.2 Å².